The molecule has 2 heteroatoms. The van der Waals surface area contributed by atoms with Crippen LogP contribution in [0.2, 0.25) is 0 Å². The summed E-state index contributed by atoms with van der Waals surface area (Å²) in [4.78, 5) is 0. The summed E-state index contributed by atoms with van der Waals surface area (Å²) in [7, 11) is 0. The van der Waals surface area contributed by atoms with Gasteiger partial charge in [0.1, 0.15) is 12.2 Å². The molecule has 0 radical (unpaired) electrons. The molecular formula is C20H20O2. The molecule has 3 rings (SSSR count). The van der Waals surface area contributed by atoms with E-state index in [1.807, 2.05) is 48.6 Å². The molecule has 2 atom stereocenters. The average Bonchev–Trinajstić information content (AvgIpc) is 2.61. The zero-order valence-corrected chi connectivity index (χ0v) is 12.5. The van der Waals surface area contributed by atoms with Crippen LogP contribution in [0.4, 0.5) is 0 Å². The van der Waals surface area contributed by atoms with Crippen molar-refractivity contribution in [1.29, 1.82) is 0 Å². The molecule has 0 fully saturated rings. The molecule has 0 unspecified atom stereocenters. The first-order chi connectivity index (χ1) is 10.9. The number of benzene rings is 2. The van der Waals surface area contributed by atoms with E-state index in [0.717, 1.165) is 0 Å². The molecule has 0 heterocycles. The SMILES string of the molecule is C1=C[C@@H](OCc2ccccc2)[C@H](OCc2ccccc2)C=C1. The van der Waals surface area contributed by atoms with Gasteiger partial charge in [-0.1, -0.05) is 85.0 Å². The molecule has 0 saturated carbocycles. The van der Waals surface area contributed by atoms with Gasteiger partial charge in [-0.3, -0.25) is 0 Å². The van der Waals surface area contributed by atoms with Gasteiger partial charge in [-0.2, -0.15) is 0 Å². The predicted molar refractivity (Wildman–Crippen MR) is 88.3 cm³/mol. The Labute approximate surface area is 131 Å². The van der Waals surface area contributed by atoms with Crippen LogP contribution < -0.4 is 0 Å². The van der Waals surface area contributed by atoms with Gasteiger partial charge in [-0.25, -0.2) is 0 Å². The van der Waals surface area contributed by atoms with Gasteiger partial charge in [0.15, 0.2) is 0 Å². The summed E-state index contributed by atoms with van der Waals surface area (Å²) in [5, 5.41) is 0. The molecule has 0 aliphatic heterocycles. The molecule has 0 spiro atoms. The minimum Gasteiger partial charge on any atom is -0.366 e. The molecule has 112 valence electrons. The molecule has 22 heavy (non-hydrogen) atoms. The fourth-order valence-electron chi connectivity index (χ4n) is 2.40. The zero-order valence-electron chi connectivity index (χ0n) is 12.5. The first-order valence-corrected chi connectivity index (χ1v) is 7.58. The van der Waals surface area contributed by atoms with E-state index in [1.54, 1.807) is 0 Å². The van der Waals surface area contributed by atoms with Gasteiger partial charge < -0.3 is 9.47 Å². The third-order valence-corrected chi connectivity index (χ3v) is 3.61. The van der Waals surface area contributed by atoms with E-state index >= 15 is 0 Å². The van der Waals surface area contributed by atoms with Gasteiger partial charge in [0.05, 0.1) is 13.2 Å². The highest BCUT2D eigenvalue weighted by atomic mass is 16.5. The van der Waals surface area contributed by atoms with Crippen LogP contribution in [0.5, 0.6) is 0 Å². The van der Waals surface area contributed by atoms with Crippen LogP contribution in [0.3, 0.4) is 0 Å². The van der Waals surface area contributed by atoms with E-state index in [-0.39, 0.29) is 12.2 Å². The monoisotopic (exact) mass is 292 g/mol. The summed E-state index contributed by atoms with van der Waals surface area (Å²) in [5.74, 6) is 0. The lowest BCUT2D eigenvalue weighted by molar-refractivity contribution is -0.0430. The Balaban J connectivity index is 1.55. The summed E-state index contributed by atoms with van der Waals surface area (Å²) in [6, 6.07) is 20.4. The normalized spacial score (nSPS) is 20.2. The minimum atomic E-state index is -0.0473. The summed E-state index contributed by atoms with van der Waals surface area (Å²) < 4.78 is 12.0. The topological polar surface area (TPSA) is 18.5 Å². The standard InChI is InChI=1S/C20H20O2/c1-3-9-17(10-4-1)15-21-19-13-7-8-14-20(19)22-16-18-11-5-2-6-12-18/h1-14,19-20H,15-16H2/t19-,20-/m1/s1. The minimum absolute atomic E-state index is 0.0473. The summed E-state index contributed by atoms with van der Waals surface area (Å²) >= 11 is 0. The Hall–Kier alpha value is -2.16. The Bertz CT molecular complexity index is 559. The Morgan fingerprint density at radius 3 is 1.41 bits per heavy atom. The maximum Gasteiger partial charge on any atom is 0.106 e. The number of rotatable bonds is 6. The van der Waals surface area contributed by atoms with Crippen LogP contribution in [-0.2, 0) is 22.7 Å². The van der Waals surface area contributed by atoms with E-state index in [9.17, 15) is 0 Å². The number of hydrogen-bond donors (Lipinski definition) is 0. The second-order valence-corrected chi connectivity index (χ2v) is 5.29. The molecular weight excluding hydrogens is 272 g/mol. The number of allylic oxidation sites excluding steroid dienone is 2. The van der Waals surface area contributed by atoms with E-state index in [0.29, 0.717) is 13.2 Å². The van der Waals surface area contributed by atoms with Crippen molar-refractivity contribution in [2.45, 2.75) is 25.4 Å². The highest BCUT2D eigenvalue weighted by Gasteiger charge is 2.20. The smallest absolute Gasteiger partial charge is 0.106 e. The number of hydrogen-bond acceptors (Lipinski definition) is 2. The van der Waals surface area contributed by atoms with Crippen LogP contribution in [0.15, 0.2) is 85.0 Å². The molecule has 2 nitrogen and oxygen atoms in total. The second kappa shape index (κ2) is 7.74. The Morgan fingerprint density at radius 2 is 1.00 bits per heavy atom. The van der Waals surface area contributed by atoms with Crippen molar-refractivity contribution in [3.63, 3.8) is 0 Å². The Morgan fingerprint density at radius 1 is 0.591 bits per heavy atom. The van der Waals surface area contributed by atoms with Crippen molar-refractivity contribution in [2.24, 2.45) is 0 Å². The zero-order chi connectivity index (χ0) is 15.0. The summed E-state index contributed by atoms with van der Waals surface area (Å²) in [5.41, 5.74) is 2.35. The molecule has 0 aromatic heterocycles. The molecule has 1 aliphatic carbocycles. The van der Waals surface area contributed by atoms with Crippen LogP contribution in [-0.4, -0.2) is 12.2 Å². The maximum atomic E-state index is 6.01. The number of ether oxygens (including phenoxy) is 2. The van der Waals surface area contributed by atoms with E-state index in [2.05, 4.69) is 36.4 Å². The fourth-order valence-corrected chi connectivity index (χ4v) is 2.40. The third kappa shape index (κ3) is 4.17. The van der Waals surface area contributed by atoms with Crippen molar-refractivity contribution in [3.05, 3.63) is 96.1 Å². The van der Waals surface area contributed by atoms with Crippen LogP contribution >= 0.6 is 0 Å². The van der Waals surface area contributed by atoms with Crippen LogP contribution in [0.1, 0.15) is 11.1 Å². The van der Waals surface area contributed by atoms with Gasteiger partial charge in [0, 0.05) is 0 Å². The van der Waals surface area contributed by atoms with Gasteiger partial charge in [-0.05, 0) is 11.1 Å². The molecule has 0 saturated heterocycles. The first-order valence-electron chi connectivity index (χ1n) is 7.58. The lowest BCUT2D eigenvalue weighted by Gasteiger charge is -2.25. The van der Waals surface area contributed by atoms with Crippen molar-refractivity contribution in [1.82, 2.24) is 0 Å². The molecule has 0 amide bonds. The summed E-state index contributed by atoms with van der Waals surface area (Å²) in [6.07, 6.45) is 8.04. The third-order valence-electron chi connectivity index (χ3n) is 3.61. The van der Waals surface area contributed by atoms with Crippen molar-refractivity contribution in [3.8, 4) is 0 Å². The highest BCUT2D eigenvalue weighted by Crippen LogP contribution is 2.16. The van der Waals surface area contributed by atoms with Crippen molar-refractivity contribution >= 4 is 0 Å². The largest absolute Gasteiger partial charge is 0.366 e. The first kappa shape index (κ1) is 14.8. The summed E-state index contributed by atoms with van der Waals surface area (Å²) in [6.45, 7) is 1.18. The van der Waals surface area contributed by atoms with E-state index < -0.39 is 0 Å². The van der Waals surface area contributed by atoms with Gasteiger partial charge >= 0.3 is 0 Å². The maximum absolute atomic E-state index is 6.01. The van der Waals surface area contributed by atoms with Gasteiger partial charge in [0.2, 0.25) is 0 Å². The molecule has 2 aromatic carbocycles. The van der Waals surface area contributed by atoms with Crippen molar-refractivity contribution in [2.75, 3.05) is 0 Å². The predicted octanol–water partition coefficient (Wildman–Crippen LogP) is 4.28. The molecule has 1 aliphatic rings. The van der Waals surface area contributed by atoms with E-state index in [1.165, 1.54) is 11.1 Å². The van der Waals surface area contributed by atoms with Gasteiger partial charge in [0.25, 0.3) is 0 Å². The molecule has 0 bridgehead atoms. The highest BCUT2D eigenvalue weighted by molar-refractivity contribution is 5.19. The van der Waals surface area contributed by atoms with Crippen molar-refractivity contribution < 1.29 is 9.47 Å². The second-order valence-electron chi connectivity index (χ2n) is 5.29. The average molecular weight is 292 g/mol. The van der Waals surface area contributed by atoms with Crippen LogP contribution in [0.25, 0.3) is 0 Å². The van der Waals surface area contributed by atoms with Gasteiger partial charge in [-0.15, -0.1) is 0 Å². The van der Waals surface area contributed by atoms with E-state index in [4.69, 9.17) is 9.47 Å². The van der Waals surface area contributed by atoms with Crippen LogP contribution in [0, 0.1) is 0 Å². The Kier molecular flexibility index (Phi) is 5.19. The quantitative estimate of drug-likeness (QED) is 0.791. The lowest BCUT2D eigenvalue weighted by Crippen LogP contribution is -2.29. The molecule has 2 aromatic rings. The lowest BCUT2D eigenvalue weighted by atomic mass is 10.1. The fraction of sp³-hybridized carbons (Fsp3) is 0.200. The molecule has 0 N–H and O–H groups in total.